The molecule has 0 radical (unpaired) electrons. The van der Waals surface area contributed by atoms with Gasteiger partial charge in [-0.1, -0.05) is 6.92 Å². The number of thioether (sulfide) groups is 1. The summed E-state index contributed by atoms with van der Waals surface area (Å²) in [6.45, 7) is 3.59. The predicted octanol–water partition coefficient (Wildman–Crippen LogP) is 3.22. The van der Waals surface area contributed by atoms with Gasteiger partial charge in [0.15, 0.2) is 0 Å². The van der Waals surface area contributed by atoms with E-state index in [1.54, 1.807) is 0 Å². The minimum Gasteiger partial charge on any atom is -0.375 e. The normalized spacial score (nSPS) is 23.0. The Morgan fingerprint density at radius 1 is 1.44 bits per heavy atom. The first kappa shape index (κ1) is 16.1. The third-order valence-electron chi connectivity index (χ3n) is 2.92. The second-order valence-corrected chi connectivity index (χ2v) is 5.70. The molecule has 0 bridgehead atoms. The van der Waals surface area contributed by atoms with E-state index in [2.05, 4.69) is 12.2 Å². The summed E-state index contributed by atoms with van der Waals surface area (Å²) >= 11 is 1.82. The van der Waals surface area contributed by atoms with E-state index in [1.807, 2.05) is 11.8 Å². The van der Waals surface area contributed by atoms with E-state index in [1.165, 1.54) is 0 Å². The summed E-state index contributed by atoms with van der Waals surface area (Å²) in [7, 11) is 0. The standard InChI is InChI=1S/C12H22F3NOS/c1-2-6-16-10(4-3-5-12(13,14)15)11-9-18-8-7-17-11/h10-11,16H,2-9H2,1H3. The molecule has 2 nitrogen and oxygen atoms in total. The Morgan fingerprint density at radius 2 is 2.22 bits per heavy atom. The SMILES string of the molecule is CCCNC(CCCC(F)(F)F)C1CSCCO1. The Balaban J connectivity index is 2.34. The minimum absolute atomic E-state index is 0.0556. The number of hydrogen-bond donors (Lipinski definition) is 1. The van der Waals surface area contributed by atoms with Gasteiger partial charge in [-0.25, -0.2) is 0 Å². The van der Waals surface area contributed by atoms with Gasteiger partial charge in [-0.2, -0.15) is 24.9 Å². The van der Waals surface area contributed by atoms with Crippen LogP contribution in [0.4, 0.5) is 13.2 Å². The summed E-state index contributed by atoms with van der Waals surface area (Å²) in [5.74, 6) is 1.87. The largest absolute Gasteiger partial charge is 0.389 e. The average molecular weight is 285 g/mol. The highest BCUT2D eigenvalue weighted by Gasteiger charge is 2.29. The molecule has 1 N–H and O–H groups in total. The second kappa shape index (κ2) is 8.27. The maximum absolute atomic E-state index is 12.1. The number of hydrogen-bond acceptors (Lipinski definition) is 3. The van der Waals surface area contributed by atoms with Crippen LogP contribution in [0.25, 0.3) is 0 Å². The lowest BCUT2D eigenvalue weighted by Crippen LogP contribution is -2.45. The molecule has 2 unspecified atom stereocenters. The Bertz CT molecular complexity index is 220. The molecular weight excluding hydrogens is 263 g/mol. The van der Waals surface area contributed by atoms with Crippen LogP contribution < -0.4 is 5.32 Å². The van der Waals surface area contributed by atoms with Gasteiger partial charge < -0.3 is 10.1 Å². The van der Waals surface area contributed by atoms with Crippen molar-refractivity contribution in [1.82, 2.24) is 5.32 Å². The second-order valence-electron chi connectivity index (χ2n) is 4.55. The summed E-state index contributed by atoms with van der Waals surface area (Å²) < 4.78 is 42.1. The molecule has 18 heavy (non-hydrogen) atoms. The lowest BCUT2D eigenvalue weighted by Gasteiger charge is -2.31. The maximum atomic E-state index is 12.1. The van der Waals surface area contributed by atoms with Crippen LogP contribution in [0.1, 0.15) is 32.6 Å². The Hall–Kier alpha value is 0.0600. The van der Waals surface area contributed by atoms with Crippen LogP contribution in [0.15, 0.2) is 0 Å². The van der Waals surface area contributed by atoms with Crippen LogP contribution in [0.5, 0.6) is 0 Å². The van der Waals surface area contributed by atoms with Crippen molar-refractivity contribution in [3.05, 3.63) is 0 Å². The van der Waals surface area contributed by atoms with Crippen molar-refractivity contribution in [3.8, 4) is 0 Å². The van der Waals surface area contributed by atoms with E-state index < -0.39 is 12.6 Å². The van der Waals surface area contributed by atoms with Crippen LogP contribution in [-0.2, 0) is 4.74 Å². The number of ether oxygens (including phenoxy) is 1. The first-order valence-corrected chi connectivity index (χ1v) is 7.68. The molecule has 0 aromatic heterocycles. The fraction of sp³-hybridized carbons (Fsp3) is 1.00. The quantitative estimate of drug-likeness (QED) is 0.776. The molecule has 6 heteroatoms. The van der Waals surface area contributed by atoms with E-state index >= 15 is 0 Å². The summed E-state index contributed by atoms with van der Waals surface area (Å²) in [5, 5.41) is 3.32. The molecular formula is C12H22F3NOS. The molecule has 1 aliphatic heterocycles. The summed E-state index contributed by atoms with van der Waals surface area (Å²) in [5.41, 5.74) is 0. The van der Waals surface area contributed by atoms with Crippen molar-refractivity contribution in [2.24, 2.45) is 0 Å². The van der Waals surface area contributed by atoms with Gasteiger partial charge in [0.05, 0.1) is 12.7 Å². The van der Waals surface area contributed by atoms with Gasteiger partial charge in [0.1, 0.15) is 0 Å². The predicted molar refractivity (Wildman–Crippen MR) is 69.1 cm³/mol. The molecule has 1 saturated heterocycles. The lowest BCUT2D eigenvalue weighted by atomic mass is 10.0. The smallest absolute Gasteiger partial charge is 0.375 e. The molecule has 0 amide bonds. The number of alkyl halides is 3. The molecule has 1 fully saturated rings. The highest BCUT2D eigenvalue weighted by Crippen LogP contribution is 2.24. The van der Waals surface area contributed by atoms with Gasteiger partial charge in [0.25, 0.3) is 0 Å². The number of rotatable bonds is 7. The Morgan fingerprint density at radius 3 is 2.78 bits per heavy atom. The average Bonchev–Trinajstić information content (AvgIpc) is 2.33. The Kier molecular flexibility index (Phi) is 7.41. The number of halogens is 3. The van der Waals surface area contributed by atoms with E-state index in [0.717, 1.165) is 24.5 Å². The zero-order chi connectivity index (χ0) is 13.4. The maximum Gasteiger partial charge on any atom is 0.389 e. The van der Waals surface area contributed by atoms with E-state index in [9.17, 15) is 13.2 Å². The van der Waals surface area contributed by atoms with Gasteiger partial charge in [0, 0.05) is 24.0 Å². The molecule has 0 spiro atoms. The van der Waals surface area contributed by atoms with E-state index in [4.69, 9.17) is 4.74 Å². The molecule has 0 aromatic carbocycles. The minimum atomic E-state index is -4.04. The van der Waals surface area contributed by atoms with Crippen molar-refractivity contribution in [2.45, 2.75) is 50.9 Å². The van der Waals surface area contributed by atoms with Gasteiger partial charge >= 0.3 is 6.18 Å². The Labute approximate surface area is 111 Å². The number of nitrogens with one attached hydrogen (secondary N) is 1. The molecule has 0 aliphatic carbocycles. The van der Waals surface area contributed by atoms with Gasteiger partial charge in [0.2, 0.25) is 0 Å². The first-order chi connectivity index (χ1) is 8.53. The molecule has 1 heterocycles. The van der Waals surface area contributed by atoms with Gasteiger partial charge in [-0.05, 0) is 25.8 Å². The van der Waals surface area contributed by atoms with Crippen LogP contribution in [0.3, 0.4) is 0 Å². The van der Waals surface area contributed by atoms with Crippen molar-refractivity contribution in [1.29, 1.82) is 0 Å². The van der Waals surface area contributed by atoms with Crippen molar-refractivity contribution in [2.75, 3.05) is 24.7 Å². The van der Waals surface area contributed by atoms with E-state index in [-0.39, 0.29) is 18.6 Å². The van der Waals surface area contributed by atoms with Gasteiger partial charge in [-0.3, -0.25) is 0 Å². The first-order valence-electron chi connectivity index (χ1n) is 6.52. The zero-order valence-electron chi connectivity index (χ0n) is 10.8. The molecule has 2 atom stereocenters. The molecule has 1 aliphatic rings. The third kappa shape index (κ3) is 6.85. The lowest BCUT2D eigenvalue weighted by molar-refractivity contribution is -0.136. The van der Waals surface area contributed by atoms with Crippen LogP contribution in [0, 0.1) is 0 Å². The monoisotopic (exact) mass is 285 g/mol. The third-order valence-corrected chi connectivity index (χ3v) is 3.94. The van der Waals surface area contributed by atoms with Crippen molar-refractivity contribution < 1.29 is 17.9 Å². The fourth-order valence-electron chi connectivity index (χ4n) is 2.01. The zero-order valence-corrected chi connectivity index (χ0v) is 11.6. The molecule has 108 valence electrons. The summed E-state index contributed by atoms with van der Waals surface area (Å²) in [6.07, 6.45) is -2.99. The van der Waals surface area contributed by atoms with Crippen LogP contribution in [0.2, 0.25) is 0 Å². The molecule has 1 rings (SSSR count). The topological polar surface area (TPSA) is 21.3 Å². The van der Waals surface area contributed by atoms with Crippen molar-refractivity contribution in [3.63, 3.8) is 0 Å². The van der Waals surface area contributed by atoms with Gasteiger partial charge in [-0.15, -0.1) is 0 Å². The molecule has 0 aromatic rings. The van der Waals surface area contributed by atoms with E-state index in [0.29, 0.717) is 13.0 Å². The summed E-state index contributed by atoms with van der Waals surface area (Å²) in [4.78, 5) is 0. The molecule has 0 saturated carbocycles. The van der Waals surface area contributed by atoms with Crippen LogP contribution >= 0.6 is 11.8 Å². The highest BCUT2D eigenvalue weighted by molar-refractivity contribution is 7.99. The highest BCUT2D eigenvalue weighted by atomic mass is 32.2. The summed E-state index contributed by atoms with van der Waals surface area (Å²) in [6, 6.07) is 0.0556. The fourth-order valence-corrected chi connectivity index (χ4v) is 2.95. The van der Waals surface area contributed by atoms with Crippen LogP contribution in [-0.4, -0.2) is 43.0 Å². The van der Waals surface area contributed by atoms with Crippen molar-refractivity contribution >= 4 is 11.8 Å².